The first kappa shape index (κ1) is 19.8. The van der Waals surface area contributed by atoms with Gasteiger partial charge in [0.1, 0.15) is 23.9 Å². The van der Waals surface area contributed by atoms with Crippen molar-refractivity contribution in [2.45, 2.75) is 17.9 Å². The quantitative estimate of drug-likeness (QED) is 0.592. The van der Waals surface area contributed by atoms with E-state index in [0.29, 0.717) is 11.5 Å². The number of sulfonamides is 1. The first-order chi connectivity index (χ1) is 11.9. The lowest BCUT2D eigenvalue weighted by atomic mass is 10.3. The lowest BCUT2D eigenvalue weighted by Crippen LogP contribution is -2.36. The highest BCUT2D eigenvalue weighted by Gasteiger charge is 2.19. The van der Waals surface area contributed by atoms with E-state index in [2.05, 4.69) is 4.72 Å². The van der Waals surface area contributed by atoms with Gasteiger partial charge in [-0.1, -0.05) is 0 Å². The molecule has 136 valence electrons. The summed E-state index contributed by atoms with van der Waals surface area (Å²) in [6, 6.07) is 11.4. The first-order valence-electron chi connectivity index (χ1n) is 7.48. The number of hydrogen-bond acceptors (Lipinski definition) is 5. The van der Waals surface area contributed by atoms with E-state index >= 15 is 0 Å². The zero-order valence-corrected chi connectivity index (χ0v) is 17.1. The van der Waals surface area contributed by atoms with Crippen LogP contribution in [0.15, 0.2) is 47.4 Å². The third kappa shape index (κ3) is 5.48. The molecule has 2 aromatic rings. The Morgan fingerprint density at radius 3 is 2.24 bits per heavy atom. The van der Waals surface area contributed by atoms with Crippen LogP contribution < -0.4 is 18.9 Å². The van der Waals surface area contributed by atoms with Crippen molar-refractivity contribution in [1.82, 2.24) is 4.72 Å². The van der Waals surface area contributed by atoms with Crippen molar-refractivity contribution in [2.24, 2.45) is 0 Å². The van der Waals surface area contributed by atoms with E-state index in [0.717, 1.165) is 9.32 Å². The van der Waals surface area contributed by atoms with Gasteiger partial charge in [-0.3, -0.25) is 0 Å². The van der Waals surface area contributed by atoms with Gasteiger partial charge in [-0.05, 0) is 72.0 Å². The monoisotopic (exact) mass is 477 g/mol. The van der Waals surface area contributed by atoms with Gasteiger partial charge >= 0.3 is 0 Å². The molecule has 2 aromatic carbocycles. The van der Waals surface area contributed by atoms with Crippen molar-refractivity contribution in [1.29, 1.82) is 0 Å². The second-order valence-corrected chi connectivity index (χ2v) is 8.18. The number of methoxy groups -OCH3 is 2. The van der Waals surface area contributed by atoms with Crippen LogP contribution in [0.2, 0.25) is 0 Å². The minimum atomic E-state index is -3.63. The van der Waals surface area contributed by atoms with E-state index < -0.39 is 16.1 Å². The summed E-state index contributed by atoms with van der Waals surface area (Å²) in [5.74, 6) is 2.01. The Morgan fingerprint density at radius 2 is 1.68 bits per heavy atom. The molecule has 0 amide bonds. The average molecular weight is 477 g/mol. The van der Waals surface area contributed by atoms with Gasteiger partial charge in [-0.2, -0.15) is 0 Å². The summed E-state index contributed by atoms with van der Waals surface area (Å²) in [5.41, 5.74) is 0. The zero-order chi connectivity index (χ0) is 18.4. The Balaban J connectivity index is 1.98. The van der Waals surface area contributed by atoms with E-state index in [1.165, 1.54) is 6.07 Å². The van der Waals surface area contributed by atoms with Gasteiger partial charge in [0.05, 0.1) is 28.7 Å². The molecular weight excluding hydrogens is 457 g/mol. The van der Waals surface area contributed by atoms with Gasteiger partial charge in [0.2, 0.25) is 10.0 Å². The van der Waals surface area contributed by atoms with E-state index in [1.807, 2.05) is 22.6 Å². The van der Waals surface area contributed by atoms with Crippen LogP contribution >= 0.6 is 22.6 Å². The molecule has 0 radical (unpaired) electrons. The predicted octanol–water partition coefficient (Wildman–Crippen LogP) is 3.05. The van der Waals surface area contributed by atoms with Crippen molar-refractivity contribution >= 4 is 32.6 Å². The maximum atomic E-state index is 12.5. The van der Waals surface area contributed by atoms with Gasteiger partial charge in [0.25, 0.3) is 0 Å². The summed E-state index contributed by atoms with van der Waals surface area (Å²) < 4.78 is 44.1. The van der Waals surface area contributed by atoms with Crippen molar-refractivity contribution in [3.05, 3.63) is 46.0 Å². The minimum Gasteiger partial charge on any atom is -0.497 e. The Bertz CT molecular complexity index is 808. The molecule has 0 spiro atoms. The second kappa shape index (κ2) is 8.72. The van der Waals surface area contributed by atoms with Gasteiger partial charge in [-0.15, -0.1) is 0 Å². The maximum absolute atomic E-state index is 12.5. The van der Waals surface area contributed by atoms with Gasteiger partial charge < -0.3 is 14.2 Å². The van der Waals surface area contributed by atoms with Crippen LogP contribution in [0, 0.1) is 3.57 Å². The number of benzene rings is 2. The topological polar surface area (TPSA) is 73.9 Å². The molecule has 2 rings (SSSR count). The van der Waals surface area contributed by atoms with Crippen LogP contribution in [0.3, 0.4) is 0 Å². The summed E-state index contributed by atoms with van der Waals surface area (Å²) in [6.45, 7) is 1.95. The molecule has 0 aliphatic carbocycles. The third-order valence-corrected chi connectivity index (χ3v) is 5.78. The highest BCUT2D eigenvalue weighted by atomic mass is 127. The number of halogens is 1. The maximum Gasteiger partial charge on any atom is 0.240 e. The minimum absolute atomic E-state index is 0.189. The molecule has 1 atom stereocenters. The molecule has 0 unspecified atom stereocenters. The number of ether oxygens (including phenoxy) is 3. The Hall–Kier alpha value is -1.52. The van der Waals surface area contributed by atoms with Crippen molar-refractivity contribution in [3.63, 3.8) is 0 Å². The first-order valence-corrected chi connectivity index (χ1v) is 10.0. The molecule has 0 saturated carbocycles. The number of hydrogen-bond donors (Lipinski definition) is 1. The smallest absolute Gasteiger partial charge is 0.240 e. The molecule has 0 fully saturated rings. The summed E-state index contributed by atoms with van der Waals surface area (Å²) in [4.78, 5) is 0.189. The van der Waals surface area contributed by atoms with E-state index in [4.69, 9.17) is 14.2 Å². The zero-order valence-electron chi connectivity index (χ0n) is 14.2. The van der Waals surface area contributed by atoms with E-state index in [1.54, 1.807) is 57.5 Å². The van der Waals surface area contributed by atoms with Crippen molar-refractivity contribution < 1.29 is 22.6 Å². The molecule has 0 saturated heterocycles. The van der Waals surface area contributed by atoms with Crippen molar-refractivity contribution in [2.75, 3.05) is 20.8 Å². The van der Waals surface area contributed by atoms with Crippen LogP contribution in [0.25, 0.3) is 0 Å². The lowest BCUT2D eigenvalue weighted by Gasteiger charge is -2.16. The van der Waals surface area contributed by atoms with Crippen LogP contribution in [-0.2, 0) is 10.0 Å². The Kier molecular flexibility index (Phi) is 6.91. The molecule has 0 aliphatic rings. The van der Waals surface area contributed by atoms with Crippen molar-refractivity contribution in [3.8, 4) is 17.2 Å². The lowest BCUT2D eigenvalue weighted by molar-refractivity contribution is 0.287. The fourth-order valence-electron chi connectivity index (χ4n) is 2.07. The van der Waals surface area contributed by atoms with Gasteiger partial charge in [0, 0.05) is 0 Å². The Morgan fingerprint density at radius 1 is 1.04 bits per heavy atom. The van der Waals surface area contributed by atoms with Gasteiger partial charge in [-0.25, -0.2) is 13.1 Å². The molecule has 25 heavy (non-hydrogen) atoms. The highest BCUT2D eigenvalue weighted by Crippen LogP contribution is 2.24. The predicted molar refractivity (Wildman–Crippen MR) is 104 cm³/mol. The second-order valence-electron chi connectivity index (χ2n) is 5.31. The SMILES string of the molecule is COc1ccc(OC[C@@H](C)NS(=O)(=O)c2ccc(OC)c(I)c2)cc1. The normalized spacial score (nSPS) is 12.5. The van der Waals surface area contributed by atoms with E-state index in [-0.39, 0.29) is 11.5 Å². The summed E-state index contributed by atoms with van der Waals surface area (Å²) >= 11 is 2.04. The molecule has 0 bridgehead atoms. The largest absolute Gasteiger partial charge is 0.497 e. The molecule has 0 heterocycles. The molecule has 0 aromatic heterocycles. The summed E-state index contributed by atoms with van der Waals surface area (Å²) in [5, 5.41) is 0. The van der Waals surface area contributed by atoms with Crippen LogP contribution in [0.1, 0.15) is 6.92 Å². The van der Waals surface area contributed by atoms with Crippen LogP contribution in [0.4, 0.5) is 0 Å². The summed E-state index contributed by atoms with van der Waals surface area (Å²) in [6.07, 6.45) is 0. The Labute approximate surface area is 161 Å². The van der Waals surface area contributed by atoms with Gasteiger partial charge in [0.15, 0.2) is 0 Å². The third-order valence-electron chi connectivity index (χ3n) is 3.35. The number of nitrogens with one attached hydrogen (secondary N) is 1. The number of rotatable bonds is 8. The standard InChI is InChI=1S/C17H20INO5S/c1-12(11-24-14-6-4-13(22-2)5-7-14)19-25(20,21)15-8-9-17(23-3)16(18)10-15/h4-10,12,19H,11H2,1-3H3/t12-/m1/s1. The van der Waals surface area contributed by atoms with Crippen LogP contribution in [-0.4, -0.2) is 35.3 Å². The molecule has 0 aliphatic heterocycles. The van der Waals surface area contributed by atoms with E-state index in [9.17, 15) is 8.42 Å². The average Bonchev–Trinajstić information content (AvgIpc) is 2.60. The molecular formula is C17H20INO5S. The fourth-order valence-corrected chi connectivity index (χ4v) is 4.28. The highest BCUT2D eigenvalue weighted by molar-refractivity contribution is 14.1. The summed E-state index contributed by atoms with van der Waals surface area (Å²) in [7, 11) is -0.498. The molecule has 1 N–H and O–H groups in total. The fraction of sp³-hybridized carbons (Fsp3) is 0.294. The van der Waals surface area contributed by atoms with Crippen LogP contribution in [0.5, 0.6) is 17.2 Å². The molecule has 6 nitrogen and oxygen atoms in total. The molecule has 8 heteroatoms.